The Labute approximate surface area is 166 Å². The first kappa shape index (κ1) is 17.1. The van der Waals surface area contributed by atoms with E-state index in [0.29, 0.717) is 33.7 Å². The number of nitrogens with two attached hydrogens (primary N) is 1. The highest BCUT2D eigenvalue weighted by molar-refractivity contribution is 6.21. The van der Waals surface area contributed by atoms with E-state index in [0.717, 1.165) is 10.9 Å². The van der Waals surface area contributed by atoms with Crippen molar-refractivity contribution in [2.45, 2.75) is 6.54 Å². The van der Waals surface area contributed by atoms with Gasteiger partial charge in [0.25, 0.3) is 11.8 Å². The quantitative estimate of drug-likeness (QED) is 0.433. The van der Waals surface area contributed by atoms with Gasteiger partial charge in [-0.15, -0.1) is 0 Å². The molecule has 1 aliphatic heterocycles. The number of anilines is 1. The lowest BCUT2D eigenvalue weighted by Crippen LogP contribution is -2.29. The first-order valence-corrected chi connectivity index (χ1v) is 9.18. The smallest absolute Gasteiger partial charge is 0.261 e. The number of para-hydroxylation sites is 1. The van der Waals surface area contributed by atoms with E-state index < -0.39 is 0 Å². The summed E-state index contributed by atoms with van der Waals surface area (Å²) in [6.07, 6.45) is 1.68. The van der Waals surface area contributed by atoms with Gasteiger partial charge in [0.2, 0.25) is 0 Å². The Bertz CT molecular complexity index is 1250. The van der Waals surface area contributed by atoms with Crippen molar-refractivity contribution in [3.8, 4) is 11.4 Å². The molecule has 140 valence electrons. The van der Waals surface area contributed by atoms with Gasteiger partial charge in [-0.25, -0.2) is 4.98 Å². The second-order valence-corrected chi connectivity index (χ2v) is 6.87. The van der Waals surface area contributed by atoms with E-state index in [2.05, 4.69) is 4.98 Å². The lowest BCUT2D eigenvalue weighted by molar-refractivity contribution is 0.0642. The van der Waals surface area contributed by atoms with Crippen LogP contribution in [0.5, 0.6) is 0 Å². The lowest BCUT2D eigenvalue weighted by Gasteiger charge is -2.17. The molecule has 0 fully saturated rings. The Hall–Kier alpha value is -4.06. The van der Waals surface area contributed by atoms with Gasteiger partial charge in [-0.2, -0.15) is 0 Å². The van der Waals surface area contributed by atoms with Gasteiger partial charge in [0.1, 0.15) is 0 Å². The number of hydrogen-bond acceptors (Lipinski definition) is 5. The number of nitrogen functional groups attached to an aromatic ring is 1. The molecule has 0 spiro atoms. The van der Waals surface area contributed by atoms with Crippen molar-refractivity contribution in [1.82, 2.24) is 14.9 Å². The Morgan fingerprint density at radius 2 is 1.59 bits per heavy atom. The average Bonchev–Trinajstić information content (AvgIpc) is 2.99. The Kier molecular flexibility index (Phi) is 3.84. The number of hydrogen-bond donors (Lipinski definition) is 1. The molecule has 1 aliphatic rings. The van der Waals surface area contributed by atoms with Crippen molar-refractivity contribution >= 4 is 28.4 Å². The third kappa shape index (κ3) is 2.73. The molecule has 29 heavy (non-hydrogen) atoms. The minimum absolute atomic E-state index is 0.107. The molecule has 0 atom stereocenters. The molecule has 0 aliphatic carbocycles. The zero-order valence-electron chi connectivity index (χ0n) is 15.4. The maximum absolute atomic E-state index is 12.8. The average molecular weight is 380 g/mol. The van der Waals surface area contributed by atoms with Gasteiger partial charge >= 0.3 is 0 Å². The molecule has 0 bridgehead atoms. The Balaban J connectivity index is 1.65. The molecule has 0 saturated carbocycles. The number of pyridine rings is 2. The molecule has 2 amide bonds. The van der Waals surface area contributed by atoms with E-state index in [4.69, 9.17) is 10.7 Å². The summed E-state index contributed by atoms with van der Waals surface area (Å²) in [5.41, 5.74) is 10.2. The normalized spacial score (nSPS) is 13.2. The fourth-order valence-electron chi connectivity index (χ4n) is 3.66. The van der Waals surface area contributed by atoms with E-state index in [-0.39, 0.29) is 18.4 Å². The summed E-state index contributed by atoms with van der Waals surface area (Å²) in [6, 6.07) is 19.9. The second kappa shape index (κ2) is 6.53. The molecule has 5 rings (SSSR count). The van der Waals surface area contributed by atoms with Crippen molar-refractivity contribution in [2.75, 3.05) is 5.73 Å². The molecule has 0 saturated heterocycles. The van der Waals surface area contributed by atoms with E-state index in [9.17, 15) is 9.59 Å². The summed E-state index contributed by atoms with van der Waals surface area (Å²) in [6.45, 7) is 0.107. The van der Waals surface area contributed by atoms with Gasteiger partial charge in [-0.1, -0.05) is 30.3 Å². The first-order chi connectivity index (χ1) is 14.1. The third-order valence-corrected chi connectivity index (χ3v) is 5.07. The van der Waals surface area contributed by atoms with E-state index in [1.807, 2.05) is 36.4 Å². The van der Waals surface area contributed by atoms with E-state index in [1.165, 1.54) is 4.90 Å². The highest BCUT2D eigenvalue weighted by Crippen LogP contribution is 2.30. The highest BCUT2D eigenvalue weighted by atomic mass is 16.2. The summed E-state index contributed by atoms with van der Waals surface area (Å²) >= 11 is 0. The third-order valence-electron chi connectivity index (χ3n) is 5.07. The number of aromatic nitrogens is 2. The molecule has 2 N–H and O–H groups in total. The van der Waals surface area contributed by atoms with Gasteiger partial charge in [0.15, 0.2) is 0 Å². The van der Waals surface area contributed by atoms with E-state index in [1.54, 1.807) is 36.5 Å². The number of carbonyl (C=O) groups excluding carboxylic acids is 2. The first-order valence-electron chi connectivity index (χ1n) is 9.18. The van der Waals surface area contributed by atoms with Crippen molar-refractivity contribution in [1.29, 1.82) is 0 Å². The molecular formula is C23H16N4O2. The molecule has 6 heteroatoms. The molecule has 2 aromatic heterocycles. The van der Waals surface area contributed by atoms with Gasteiger partial charge in [-0.05, 0) is 36.4 Å². The predicted molar refractivity (Wildman–Crippen MR) is 110 cm³/mol. The van der Waals surface area contributed by atoms with Crippen molar-refractivity contribution < 1.29 is 9.59 Å². The summed E-state index contributed by atoms with van der Waals surface area (Å²) < 4.78 is 0. The highest BCUT2D eigenvalue weighted by Gasteiger charge is 2.35. The maximum atomic E-state index is 12.8. The summed E-state index contributed by atoms with van der Waals surface area (Å²) in [4.78, 5) is 36.1. The van der Waals surface area contributed by atoms with Crippen LogP contribution in [0.4, 0.5) is 5.69 Å². The number of benzene rings is 2. The zero-order valence-corrected chi connectivity index (χ0v) is 15.4. The van der Waals surface area contributed by atoms with Crippen LogP contribution in [0, 0.1) is 0 Å². The number of rotatable bonds is 3. The van der Waals surface area contributed by atoms with Crippen LogP contribution in [0.2, 0.25) is 0 Å². The fraction of sp³-hybridized carbons (Fsp3) is 0.0435. The number of amides is 2. The number of imide groups is 1. The molecule has 4 aromatic rings. The summed E-state index contributed by atoms with van der Waals surface area (Å²) in [5, 5.41) is 0.844. The molecule has 6 nitrogen and oxygen atoms in total. The molecule has 0 radical (unpaired) electrons. The number of nitrogens with zero attached hydrogens (tertiary/aromatic N) is 3. The van der Waals surface area contributed by atoms with Crippen molar-refractivity contribution in [3.05, 3.63) is 89.6 Å². The Morgan fingerprint density at radius 3 is 2.28 bits per heavy atom. The number of fused-ring (bicyclic) bond motifs is 2. The van der Waals surface area contributed by atoms with Crippen LogP contribution in [0.25, 0.3) is 22.3 Å². The van der Waals surface area contributed by atoms with Gasteiger partial charge in [0.05, 0.1) is 40.3 Å². The van der Waals surface area contributed by atoms with Crippen molar-refractivity contribution in [3.63, 3.8) is 0 Å². The monoisotopic (exact) mass is 380 g/mol. The minimum Gasteiger partial charge on any atom is -0.397 e. The van der Waals surface area contributed by atoms with Gasteiger partial charge in [-0.3, -0.25) is 19.5 Å². The SMILES string of the molecule is Nc1cccc2cc(CN3C(=O)c4ccccc4C3=O)c(-c3ccccn3)nc12. The largest absolute Gasteiger partial charge is 0.397 e. The standard InChI is InChI=1S/C23H16N4O2/c24-18-9-5-6-14-12-15(21(26-20(14)18)19-10-3-4-11-25-19)13-27-22(28)16-7-1-2-8-17(16)23(27)29/h1-12H,13,24H2. The van der Waals surface area contributed by atoms with Crippen LogP contribution in [-0.2, 0) is 6.54 Å². The Morgan fingerprint density at radius 1 is 0.862 bits per heavy atom. The minimum atomic E-state index is -0.301. The van der Waals surface area contributed by atoms with Crippen LogP contribution < -0.4 is 5.73 Å². The zero-order chi connectivity index (χ0) is 20.0. The van der Waals surface area contributed by atoms with E-state index >= 15 is 0 Å². The summed E-state index contributed by atoms with van der Waals surface area (Å²) in [7, 11) is 0. The van der Waals surface area contributed by atoms with Crippen molar-refractivity contribution in [2.24, 2.45) is 0 Å². The molecule has 3 heterocycles. The van der Waals surface area contributed by atoms with Gasteiger partial charge < -0.3 is 5.73 Å². The summed E-state index contributed by atoms with van der Waals surface area (Å²) in [5.74, 6) is -0.601. The van der Waals surface area contributed by atoms with Crippen LogP contribution >= 0.6 is 0 Å². The van der Waals surface area contributed by atoms with Gasteiger partial charge in [0, 0.05) is 17.1 Å². The van der Waals surface area contributed by atoms with Crippen LogP contribution in [0.1, 0.15) is 26.3 Å². The fourth-order valence-corrected chi connectivity index (χ4v) is 3.66. The van der Waals surface area contributed by atoms with Crippen LogP contribution in [-0.4, -0.2) is 26.7 Å². The number of carbonyl (C=O) groups is 2. The lowest BCUT2D eigenvalue weighted by atomic mass is 10.1. The topological polar surface area (TPSA) is 89.2 Å². The van der Waals surface area contributed by atoms with Crippen LogP contribution in [0.15, 0.2) is 72.9 Å². The predicted octanol–water partition coefficient (Wildman–Crippen LogP) is 3.68. The van der Waals surface area contributed by atoms with Crippen LogP contribution in [0.3, 0.4) is 0 Å². The second-order valence-electron chi connectivity index (χ2n) is 6.87. The maximum Gasteiger partial charge on any atom is 0.261 e. The molecule has 2 aromatic carbocycles. The molecule has 0 unspecified atom stereocenters. The molecular weight excluding hydrogens is 364 g/mol.